The van der Waals surface area contributed by atoms with Crippen LogP contribution in [0.25, 0.3) is 10.9 Å². The van der Waals surface area contributed by atoms with Crippen molar-refractivity contribution in [2.75, 3.05) is 25.4 Å². The van der Waals surface area contributed by atoms with Gasteiger partial charge in [0.05, 0.1) is 11.8 Å². The highest BCUT2D eigenvalue weighted by Crippen LogP contribution is 2.36. The van der Waals surface area contributed by atoms with Crippen LogP contribution in [0.1, 0.15) is 30.9 Å². The fourth-order valence-electron chi connectivity index (χ4n) is 3.80. The van der Waals surface area contributed by atoms with Crippen LogP contribution in [0.5, 0.6) is 0 Å². The van der Waals surface area contributed by atoms with E-state index in [9.17, 15) is 9.59 Å². The van der Waals surface area contributed by atoms with E-state index in [4.69, 9.17) is 0 Å². The fourth-order valence-corrected chi connectivity index (χ4v) is 4.55. The van der Waals surface area contributed by atoms with Crippen molar-refractivity contribution in [3.63, 3.8) is 0 Å². The zero-order valence-corrected chi connectivity index (χ0v) is 14.3. The molecule has 2 saturated heterocycles. The maximum Gasteiger partial charge on any atom is 0.289 e. The number of amides is 2. The van der Waals surface area contributed by atoms with Gasteiger partial charge in [0.2, 0.25) is 5.91 Å². The Hall–Kier alpha value is -1.79. The minimum Gasteiger partial charge on any atom is -0.361 e. The number of carbonyl (C=O) groups excluding carboxylic acids is 2. The van der Waals surface area contributed by atoms with Gasteiger partial charge < -0.3 is 9.88 Å². The van der Waals surface area contributed by atoms with Crippen LogP contribution >= 0.6 is 11.8 Å². The third kappa shape index (κ3) is 2.84. The summed E-state index contributed by atoms with van der Waals surface area (Å²) in [5.41, 5.74) is 2.11. The van der Waals surface area contributed by atoms with E-state index in [2.05, 4.69) is 9.88 Å². The predicted molar refractivity (Wildman–Crippen MR) is 96.0 cm³/mol. The smallest absolute Gasteiger partial charge is 0.289 e. The first kappa shape index (κ1) is 15.7. The number of benzene rings is 1. The lowest BCUT2D eigenvalue weighted by molar-refractivity contribution is -0.126. The minimum absolute atomic E-state index is 0.0658. The van der Waals surface area contributed by atoms with E-state index in [0.29, 0.717) is 0 Å². The van der Waals surface area contributed by atoms with Gasteiger partial charge in [0.25, 0.3) is 5.24 Å². The van der Waals surface area contributed by atoms with E-state index in [1.165, 1.54) is 17.7 Å². The van der Waals surface area contributed by atoms with E-state index in [1.807, 2.05) is 30.5 Å². The molecule has 2 aromatic rings. The van der Waals surface area contributed by atoms with E-state index in [0.717, 1.165) is 54.3 Å². The lowest BCUT2D eigenvalue weighted by Gasteiger charge is -2.28. The normalized spacial score (nSPS) is 20.4. The first-order chi connectivity index (χ1) is 11.7. The van der Waals surface area contributed by atoms with Gasteiger partial charge in [-0.2, -0.15) is 0 Å². The Balaban J connectivity index is 1.67. The quantitative estimate of drug-likeness (QED) is 0.904. The van der Waals surface area contributed by atoms with Gasteiger partial charge in [-0.1, -0.05) is 23.9 Å². The van der Waals surface area contributed by atoms with Gasteiger partial charge in [-0.05, 0) is 50.0 Å². The highest BCUT2D eigenvalue weighted by molar-refractivity contribution is 8.14. The highest BCUT2D eigenvalue weighted by Gasteiger charge is 2.37. The molecule has 0 aliphatic carbocycles. The molecular formula is C18H21N3O2S. The number of rotatable bonds is 5. The number of thioether (sulfide) groups is 1. The molecule has 0 bridgehead atoms. The lowest BCUT2D eigenvalue weighted by Crippen LogP contribution is -2.35. The molecule has 0 radical (unpaired) electrons. The molecule has 0 saturated carbocycles. The summed E-state index contributed by atoms with van der Waals surface area (Å²) in [6.45, 7) is 3.17. The number of carbonyl (C=O) groups is 2. The number of nitrogens with zero attached hydrogens (tertiary/aromatic N) is 2. The second-order valence-corrected chi connectivity index (χ2v) is 7.38. The first-order valence-corrected chi connectivity index (χ1v) is 9.50. The number of fused-ring (bicyclic) bond motifs is 1. The SMILES string of the molecule is O=C1CSC(=O)N1C(CCN1CCCC1)c1cccc2[nH]ccc12. The molecule has 1 atom stereocenters. The molecule has 126 valence electrons. The largest absolute Gasteiger partial charge is 0.361 e. The Morgan fingerprint density at radius 1 is 1.17 bits per heavy atom. The fraction of sp³-hybridized carbons (Fsp3) is 0.444. The third-order valence-corrected chi connectivity index (χ3v) is 5.84. The Bertz CT molecular complexity index is 750. The maximum absolute atomic E-state index is 12.3. The standard InChI is InChI=1S/C18H21N3O2S/c22-17-12-24-18(23)21(17)16(7-11-20-9-1-2-10-20)14-4-3-5-15-13(14)6-8-19-15/h3-6,8,16,19H,1-2,7,9-12H2. The monoisotopic (exact) mass is 343 g/mol. The summed E-state index contributed by atoms with van der Waals surface area (Å²) in [6.07, 6.45) is 5.20. The lowest BCUT2D eigenvalue weighted by atomic mass is 9.98. The summed E-state index contributed by atoms with van der Waals surface area (Å²) in [4.78, 5) is 31.8. The molecule has 0 spiro atoms. The van der Waals surface area contributed by atoms with Gasteiger partial charge in [0.1, 0.15) is 0 Å². The second-order valence-electron chi connectivity index (χ2n) is 6.46. The van der Waals surface area contributed by atoms with Crippen LogP contribution in [-0.4, -0.2) is 51.3 Å². The average Bonchev–Trinajstić information content (AvgIpc) is 3.31. The first-order valence-electron chi connectivity index (χ1n) is 8.51. The van der Waals surface area contributed by atoms with Gasteiger partial charge in [-0.25, -0.2) is 0 Å². The Morgan fingerprint density at radius 2 is 2.00 bits per heavy atom. The van der Waals surface area contributed by atoms with Crippen LogP contribution in [0.4, 0.5) is 4.79 Å². The molecular weight excluding hydrogens is 322 g/mol. The molecule has 1 N–H and O–H groups in total. The molecule has 2 aliphatic heterocycles. The van der Waals surface area contributed by atoms with Crippen molar-refractivity contribution in [3.05, 3.63) is 36.0 Å². The maximum atomic E-state index is 12.3. The number of aromatic amines is 1. The van der Waals surface area contributed by atoms with Crippen LogP contribution < -0.4 is 0 Å². The molecule has 1 aromatic heterocycles. The highest BCUT2D eigenvalue weighted by atomic mass is 32.2. The zero-order chi connectivity index (χ0) is 16.5. The number of aromatic nitrogens is 1. The summed E-state index contributed by atoms with van der Waals surface area (Å²) in [5.74, 6) is 0.200. The van der Waals surface area contributed by atoms with Crippen molar-refractivity contribution < 1.29 is 9.59 Å². The summed E-state index contributed by atoms with van der Waals surface area (Å²) in [7, 11) is 0. The van der Waals surface area contributed by atoms with E-state index in [-0.39, 0.29) is 22.9 Å². The average molecular weight is 343 g/mol. The number of imide groups is 1. The van der Waals surface area contributed by atoms with Gasteiger partial charge in [0, 0.05) is 23.6 Å². The number of hydrogen-bond acceptors (Lipinski definition) is 4. The molecule has 1 unspecified atom stereocenters. The van der Waals surface area contributed by atoms with Crippen LogP contribution in [0.15, 0.2) is 30.5 Å². The van der Waals surface area contributed by atoms with Crippen molar-refractivity contribution in [1.82, 2.24) is 14.8 Å². The number of H-pyrrole nitrogens is 1. The van der Waals surface area contributed by atoms with Crippen molar-refractivity contribution in [3.8, 4) is 0 Å². The van der Waals surface area contributed by atoms with E-state index >= 15 is 0 Å². The minimum atomic E-state index is -0.180. The molecule has 2 amide bonds. The summed E-state index contributed by atoms with van der Waals surface area (Å²) >= 11 is 1.12. The molecule has 6 heteroatoms. The molecule has 24 heavy (non-hydrogen) atoms. The third-order valence-electron chi connectivity index (χ3n) is 5.00. The summed E-state index contributed by atoms with van der Waals surface area (Å²) in [5, 5.41) is 0.986. The van der Waals surface area contributed by atoms with Crippen molar-refractivity contribution in [2.45, 2.75) is 25.3 Å². The van der Waals surface area contributed by atoms with Crippen molar-refractivity contribution in [2.24, 2.45) is 0 Å². The predicted octanol–water partition coefficient (Wildman–Crippen LogP) is 3.39. The van der Waals surface area contributed by atoms with E-state index < -0.39 is 0 Å². The van der Waals surface area contributed by atoms with Gasteiger partial charge in [-0.3, -0.25) is 14.5 Å². The second kappa shape index (κ2) is 6.61. The Morgan fingerprint density at radius 3 is 2.75 bits per heavy atom. The van der Waals surface area contributed by atoms with Gasteiger partial charge in [0.15, 0.2) is 0 Å². The number of likely N-dealkylation sites (tertiary alicyclic amines) is 1. The van der Waals surface area contributed by atoms with Gasteiger partial charge in [-0.15, -0.1) is 0 Å². The summed E-state index contributed by atoms with van der Waals surface area (Å²) in [6, 6.07) is 7.92. The topological polar surface area (TPSA) is 56.4 Å². The van der Waals surface area contributed by atoms with Crippen molar-refractivity contribution in [1.29, 1.82) is 0 Å². The zero-order valence-electron chi connectivity index (χ0n) is 13.5. The molecule has 5 nitrogen and oxygen atoms in total. The molecule has 1 aromatic carbocycles. The van der Waals surface area contributed by atoms with Crippen LogP contribution in [0.3, 0.4) is 0 Å². The molecule has 2 fully saturated rings. The number of hydrogen-bond donors (Lipinski definition) is 1. The molecule has 4 rings (SSSR count). The van der Waals surface area contributed by atoms with Crippen LogP contribution in [0, 0.1) is 0 Å². The van der Waals surface area contributed by atoms with Crippen molar-refractivity contribution >= 4 is 33.8 Å². The molecule has 3 heterocycles. The Labute approximate surface area is 145 Å². The van der Waals surface area contributed by atoms with E-state index in [1.54, 1.807) is 0 Å². The van der Waals surface area contributed by atoms with Crippen LogP contribution in [-0.2, 0) is 4.79 Å². The Kier molecular flexibility index (Phi) is 4.33. The van der Waals surface area contributed by atoms with Gasteiger partial charge >= 0.3 is 0 Å². The summed E-state index contributed by atoms with van der Waals surface area (Å²) < 4.78 is 0. The number of nitrogens with one attached hydrogen (secondary N) is 1. The van der Waals surface area contributed by atoms with Crippen LogP contribution in [0.2, 0.25) is 0 Å². The molecule has 2 aliphatic rings.